The third kappa shape index (κ3) is 1.81. The molecule has 13 heavy (non-hydrogen) atoms. The van der Waals surface area contributed by atoms with Gasteiger partial charge in [0.1, 0.15) is 0 Å². The third-order valence-corrected chi connectivity index (χ3v) is 1.66. The molecule has 0 heterocycles. The van der Waals surface area contributed by atoms with Gasteiger partial charge in [0.15, 0.2) is 17.5 Å². The molecule has 5 heteroatoms. The Kier molecular flexibility index (Phi) is 2.90. The van der Waals surface area contributed by atoms with Gasteiger partial charge in [-0.1, -0.05) is 6.07 Å². The minimum Gasteiger partial charge on any atom is -0.394 e. The van der Waals surface area contributed by atoms with Crippen LogP contribution in [-0.2, 0) is 0 Å². The standard InChI is InChI=1S/C8H8F3NO/c9-5-2-1-4(6(12)3-13)7(10)8(5)11/h1-2,6,13H,3,12H2/t6-/m0/s1. The van der Waals surface area contributed by atoms with Crippen molar-refractivity contribution in [3.8, 4) is 0 Å². The van der Waals surface area contributed by atoms with Crippen molar-refractivity contribution in [2.24, 2.45) is 5.73 Å². The topological polar surface area (TPSA) is 46.2 Å². The Balaban J connectivity index is 3.18. The summed E-state index contributed by atoms with van der Waals surface area (Å²) >= 11 is 0. The van der Waals surface area contributed by atoms with Crippen LogP contribution < -0.4 is 5.73 Å². The molecule has 1 atom stereocenters. The molecular formula is C8H8F3NO. The maximum atomic E-state index is 12.9. The van der Waals surface area contributed by atoms with Crippen molar-refractivity contribution >= 4 is 0 Å². The zero-order valence-electron chi connectivity index (χ0n) is 6.60. The molecule has 0 aliphatic heterocycles. The largest absolute Gasteiger partial charge is 0.394 e. The summed E-state index contributed by atoms with van der Waals surface area (Å²) in [6.45, 7) is -0.526. The van der Waals surface area contributed by atoms with Gasteiger partial charge >= 0.3 is 0 Å². The number of hydrogen-bond donors (Lipinski definition) is 2. The van der Waals surface area contributed by atoms with Gasteiger partial charge in [0.05, 0.1) is 12.6 Å². The highest BCUT2D eigenvalue weighted by Crippen LogP contribution is 2.19. The van der Waals surface area contributed by atoms with E-state index in [1.54, 1.807) is 0 Å². The van der Waals surface area contributed by atoms with Crippen molar-refractivity contribution < 1.29 is 18.3 Å². The SMILES string of the molecule is N[C@@H](CO)c1ccc(F)c(F)c1F. The van der Waals surface area contributed by atoms with Gasteiger partial charge in [0.2, 0.25) is 0 Å². The van der Waals surface area contributed by atoms with Crippen LogP contribution in [0.25, 0.3) is 0 Å². The minimum absolute atomic E-state index is 0.235. The lowest BCUT2D eigenvalue weighted by molar-refractivity contribution is 0.264. The first-order valence-electron chi connectivity index (χ1n) is 3.57. The van der Waals surface area contributed by atoms with Crippen molar-refractivity contribution in [2.75, 3.05) is 6.61 Å². The summed E-state index contributed by atoms with van der Waals surface area (Å²) < 4.78 is 37.9. The highest BCUT2D eigenvalue weighted by atomic mass is 19.2. The molecule has 0 saturated heterocycles. The van der Waals surface area contributed by atoms with Crippen LogP contribution in [0.1, 0.15) is 11.6 Å². The predicted molar refractivity (Wildman–Crippen MR) is 40.3 cm³/mol. The van der Waals surface area contributed by atoms with Gasteiger partial charge in [-0.15, -0.1) is 0 Å². The molecule has 1 aromatic rings. The second-order valence-corrected chi connectivity index (χ2v) is 2.55. The van der Waals surface area contributed by atoms with Crippen molar-refractivity contribution in [1.82, 2.24) is 0 Å². The van der Waals surface area contributed by atoms with Gasteiger partial charge in [0.25, 0.3) is 0 Å². The Hall–Kier alpha value is -1.07. The fourth-order valence-electron chi connectivity index (χ4n) is 0.926. The quantitative estimate of drug-likeness (QED) is 0.687. The molecule has 0 aliphatic carbocycles. The van der Waals surface area contributed by atoms with Crippen molar-refractivity contribution in [3.63, 3.8) is 0 Å². The zero-order chi connectivity index (χ0) is 10.0. The number of benzene rings is 1. The average Bonchev–Trinajstić information content (AvgIpc) is 2.13. The zero-order valence-corrected chi connectivity index (χ0v) is 6.60. The Bertz CT molecular complexity index is 317. The number of halogens is 3. The second kappa shape index (κ2) is 3.76. The molecular weight excluding hydrogens is 183 g/mol. The van der Waals surface area contributed by atoms with Crippen LogP contribution in [0.5, 0.6) is 0 Å². The van der Waals surface area contributed by atoms with Crippen molar-refractivity contribution in [3.05, 3.63) is 35.1 Å². The van der Waals surface area contributed by atoms with Gasteiger partial charge < -0.3 is 10.8 Å². The van der Waals surface area contributed by atoms with E-state index in [1.165, 1.54) is 0 Å². The molecule has 1 rings (SSSR count). The van der Waals surface area contributed by atoms with Gasteiger partial charge in [-0.25, -0.2) is 13.2 Å². The van der Waals surface area contributed by atoms with E-state index in [4.69, 9.17) is 10.8 Å². The molecule has 0 saturated carbocycles. The minimum atomic E-state index is -1.57. The van der Waals surface area contributed by atoms with E-state index in [-0.39, 0.29) is 5.56 Å². The third-order valence-electron chi connectivity index (χ3n) is 1.66. The van der Waals surface area contributed by atoms with Crippen LogP contribution in [0.2, 0.25) is 0 Å². The Morgan fingerprint density at radius 3 is 2.38 bits per heavy atom. The van der Waals surface area contributed by atoms with Gasteiger partial charge in [0, 0.05) is 5.56 Å². The lowest BCUT2D eigenvalue weighted by Crippen LogP contribution is -2.17. The van der Waals surface area contributed by atoms with E-state index >= 15 is 0 Å². The molecule has 3 N–H and O–H groups in total. The smallest absolute Gasteiger partial charge is 0.194 e. The molecule has 72 valence electrons. The van der Waals surface area contributed by atoms with E-state index in [2.05, 4.69) is 0 Å². The van der Waals surface area contributed by atoms with Crippen LogP contribution in [0.4, 0.5) is 13.2 Å². The lowest BCUT2D eigenvalue weighted by Gasteiger charge is -2.09. The Morgan fingerprint density at radius 2 is 1.85 bits per heavy atom. The molecule has 0 aromatic heterocycles. The first-order valence-corrected chi connectivity index (χ1v) is 3.57. The monoisotopic (exact) mass is 191 g/mol. The highest BCUT2D eigenvalue weighted by Gasteiger charge is 2.17. The molecule has 0 radical (unpaired) electrons. The number of hydrogen-bond acceptors (Lipinski definition) is 2. The predicted octanol–water partition coefficient (Wildman–Crippen LogP) is 1.10. The summed E-state index contributed by atoms with van der Waals surface area (Å²) in [5.74, 6) is -4.19. The molecule has 1 aromatic carbocycles. The first kappa shape index (κ1) is 10.0. The van der Waals surface area contributed by atoms with Crippen molar-refractivity contribution in [1.29, 1.82) is 0 Å². The maximum absolute atomic E-state index is 12.9. The summed E-state index contributed by atoms with van der Waals surface area (Å²) in [6.07, 6.45) is 0. The fourth-order valence-corrected chi connectivity index (χ4v) is 0.926. The van der Waals surface area contributed by atoms with E-state index in [0.29, 0.717) is 0 Å². The second-order valence-electron chi connectivity index (χ2n) is 2.55. The summed E-state index contributed by atoms with van der Waals surface area (Å²) in [5, 5.41) is 8.56. The average molecular weight is 191 g/mol. The van der Waals surface area contributed by atoms with E-state index < -0.39 is 30.1 Å². The summed E-state index contributed by atoms with van der Waals surface area (Å²) in [6, 6.07) is 0.743. The number of aliphatic hydroxyl groups excluding tert-OH is 1. The number of aliphatic hydroxyl groups is 1. The molecule has 0 spiro atoms. The van der Waals surface area contributed by atoms with Gasteiger partial charge in [-0.3, -0.25) is 0 Å². The maximum Gasteiger partial charge on any atom is 0.194 e. The van der Waals surface area contributed by atoms with Gasteiger partial charge in [-0.05, 0) is 6.07 Å². The van der Waals surface area contributed by atoms with Crippen LogP contribution in [-0.4, -0.2) is 11.7 Å². The normalized spacial score (nSPS) is 13.0. The number of nitrogens with two attached hydrogens (primary N) is 1. The van der Waals surface area contributed by atoms with Gasteiger partial charge in [-0.2, -0.15) is 0 Å². The first-order chi connectivity index (χ1) is 6.07. The Morgan fingerprint density at radius 1 is 1.23 bits per heavy atom. The molecule has 0 aliphatic rings. The molecule has 0 amide bonds. The van der Waals surface area contributed by atoms with Crippen LogP contribution >= 0.6 is 0 Å². The summed E-state index contributed by atoms with van der Waals surface area (Å²) in [4.78, 5) is 0. The van der Waals surface area contributed by atoms with Crippen LogP contribution in [0.15, 0.2) is 12.1 Å². The van der Waals surface area contributed by atoms with E-state index in [1.807, 2.05) is 0 Å². The van der Waals surface area contributed by atoms with Crippen LogP contribution in [0, 0.1) is 17.5 Å². The molecule has 0 unspecified atom stereocenters. The van der Waals surface area contributed by atoms with Crippen LogP contribution in [0.3, 0.4) is 0 Å². The van der Waals surface area contributed by atoms with E-state index in [0.717, 1.165) is 12.1 Å². The van der Waals surface area contributed by atoms with E-state index in [9.17, 15) is 13.2 Å². The highest BCUT2D eigenvalue weighted by molar-refractivity contribution is 5.23. The number of rotatable bonds is 2. The molecule has 2 nitrogen and oxygen atoms in total. The molecule has 0 fully saturated rings. The summed E-state index contributed by atoms with van der Waals surface area (Å²) in [5.41, 5.74) is 5.00. The van der Waals surface area contributed by atoms with Crippen molar-refractivity contribution in [2.45, 2.75) is 6.04 Å². The fraction of sp³-hybridized carbons (Fsp3) is 0.250. The molecule has 0 bridgehead atoms. The summed E-state index contributed by atoms with van der Waals surface area (Å²) in [7, 11) is 0. The lowest BCUT2D eigenvalue weighted by atomic mass is 10.1. The Labute approximate surface area is 72.8 Å².